The van der Waals surface area contributed by atoms with Crippen molar-refractivity contribution in [3.63, 3.8) is 0 Å². The Morgan fingerprint density at radius 3 is 2.91 bits per heavy atom. The van der Waals surface area contributed by atoms with E-state index in [1.165, 1.54) is 12.0 Å². The summed E-state index contributed by atoms with van der Waals surface area (Å²) >= 11 is 1.75. The fourth-order valence-electron chi connectivity index (χ4n) is 0.846. The lowest BCUT2D eigenvalue weighted by molar-refractivity contribution is 0.665. The van der Waals surface area contributed by atoms with Gasteiger partial charge >= 0.3 is 0 Å². The summed E-state index contributed by atoms with van der Waals surface area (Å²) in [5.74, 6) is 0.768. The lowest BCUT2D eigenvalue weighted by atomic mass is 10.1. The highest BCUT2D eigenvalue weighted by Gasteiger charge is 1.88. The second kappa shape index (κ2) is 4.35. The fraction of sp³-hybridized carbons (Fsp3) is 0.400. The number of hydrogen-bond donors (Lipinski definition) is 0. The second-order valence-corrected chi connectivity index (χ2v) is 3.87. The molecular weight excluding hydrogens is 152 g/mol. The molecular formula is C10H14S. The van der Waals surface area contributed by atoms with Gasteiger partial charge in [0.15, 0.2) is 0 Å². The van der Waals surface area contributed by atoms with E-state index >= 15 is 0 Å². The molecule has 1 heteroatoms. The van der Waals surface area contributed by atoms with Crippen molar-refractivity contribution in [2.75, 3.05) is 0 Å². The van der Waals surface area contributed by atoms with Crippen LogP contribution in [-0.2, 0) is 0 Å². The average molecular weight is 166 g/mol. The Bertz CT molecular complexity index is 207. The normalized spacial score (nSPS) is 11.5. The molecule has 0 saturated heterocycles. The number of rotatable bonds is 3. The molecule has 0 aromatic carbocycles. The molecule has 1 aromatic heterocycles. The van der Waals surface area contributed by atoms with Crippen LogP contribution in [-0.4, -0.2) is 0 Å². The summed E-state index contributed by atoms with van der Waals surface area (Å²) in [6, 6.07) is 2.14. The van der Waals surface area contributed by atoms with Gasteiger partial charge in [0, 0.05) is 0 Å². The van der Waals surface area contributed by atoms with Gasteiger partial charge in [-0.1, -0.05) is 26.0 Å². The maximum absolute atomic E-state index is 2.24. The lowest BCUT2D eigenvalue weighted by Gasteiger charge is -1.95. The number of allylic oxidation sites excluding steroid dienone is 1. The quantitative estimate of drug-likeness (QED) is 0.640. The predicted molar refractivity (Wildman–Crippen MR) is 52.8 cm³/mol. The Morgan fingerprint density at radius 1 is 1.55 bits per heavy atom. The molecule has 11 heavy (non-hydrogen) atoms. The van der Waals surface area contributed by atoms with E-state index in [-0.39, 0.29) is 0 Å². The van der Waals surface area contributed by atoms with Crippen LogP contribution in [0.4, 0.5) is 0 Å². The van der Waals surface area contributed by atoms with Crippen molar-refractivity contribution < 1.29 is 0 Å². The fourth-order valence-corrected chi connectivity index (χ4v) is 1.47. The Balaban J connectivity index is 2.37. The Labute approximate surface area is 72.6 Å². The second-order valence-electron chi connectivity index (χ2n) is 3.09. The summed E-state index contributed by atoms with van der Waals surface area (Å²) in [4.78, 5) is 0. The molecule has 0 saturated carbocycles. The van der Waals surface area contributed by atoms with E-state index in [2.05, 4.69) is 42.8 Å². The summed E-state index contributed by atoms with van der Waals surface area (Å²) in [7, 11) is 0. The largest absolute Gasteiger partial charge is 0.152 e. The minimum atomic E-state index is 0.768. The first-order valence-corrected chi connectivity index (χ1v) is 4.92. The zero-order chi connectivity index (χ0) is 8.10. The molecule has 1 rings (SSSR count). The Morgan fingerprint density at radius 2 is 2.36 bits per heavy atom. The first-order chi connectivity index (χ1) is 5.29. The molecule has 0 fully saturated rings. The van der Waals surface area contributed by atoms with Crippen molar-refractivity contribution >= 4 is 17.4 Å². The standard InChI is InChI=1S/C10H14S/c1-9(2)4-3-5-10-6-7-11-8-10/h3,5-9H,4H2,1-2H3. The molecule has 0 radical (unpaired) electrons. The molecule has 1 aromatic rings. The van der Waals surface area contributed by atoms with Crippen LogP contribution in [0.25, 0.3) is 6.08 Å². The lowest BCUT2D eigenvalue weighted by Crippen LogP contribution is -1.80. The van der Waals surface area contributed by atoms with Gasteiger partial charge < -0.3 is 0 Å². The van der Waals surface area contributed by atoms with Gasteiger partial charge in [-0.05, 0) is 34.7 Å². The van der Waals surface area contributed by atoms with E-state index in [0.29, 0.717) is 0 Å². The van der Waals surface area contributed by atoms with Gasteiger partial charge in [0.05, 0.1) is 0 Å². The van der Waals surface area contributed by atoms with Crippen LogP contribution < -0.4 is 0 Å². The molecule has 0 aliphatic heterocycles. The van der Waals surface area contributed by atoms with Gasteiger partial charge in [-0.15, -0.1) is 0 Å². The summed E-state index contributed by atoms with van der Waals surface area (Å²) in [5.41, 5.74) is 1.33. The van der Waals surface area contributed by atoms with Crippen LogP contribution in [0.15, 0.2) is 22.9 Å². The van der Waals surface area contributed by atoms with E-state index in [0.717, 1.165) is 5.92 Å². The SMILES string of the molecule is CC(C)CC=Cc1ccsc1. The minimum Gasteiger partial charge on any atom is -0.152 e. The van der Waals surface area contributed by atoms with Crippen molar-refractivity contribution in [2.24, 2.45) is 5.92 Å². The van der Waals surface area contributed by atoms with E-state index < -0.39 is 0 Å². The molecule has 1 heterocycles. The van der Waals surface area contributed by atoms with Crippen molar-refractivity contribution in [3.8, 4) is 0 Å². The van der Waals surface area contributed by atoms with E-state index in [4.69, 9.17) is 0 Å². The van der Waals surface area contributed by atoms with Crippen molar-refractivity contribution in [1.29, 1.82) is 0 Å². The van der Waals surface area contributed by atoms with Gasteiger partial charge in [0.25, 0.3) is 0 Å². The van der Waals surface area contributed by atoms with Crippen LogP contribution in [0.5, 0.6) is 0 Å². The topological polar surface area (TPSA) is 0 Å². The molecule has 0 bridgehead atoms. The Hall–Kier alpha value is -0.560. The van der Waals surface area contributed by atoms with Gasteiger partial charge in [-0.2, -0.15) is 11.3 Å². The maximum atomic E-state index is 2.24. The molecule has 0 amide bonds. The minimum absolute atomic E-state index is 0.768. The summed E-state index contributed by atoms with van der Waals surface area (Å²) in [6.07, 6.45) is 5.61. The van der Waals surface area contributed by atoms with Crippen LogP contribution in [0.1, 0.15) is 25.8 Å². The first-order valence-electron chi connectivity index (χ1n) is 3.98. The molecule has 60 valence electrons. The third-order valence-corrected chi connectivity index (χ3v) is 2.16. The van der Waals surface area contributed by atoms with E-state index in [1.54, 1.807) is 11.3 Å². The van der Waals surface area contributed by atoms with Crippen LogP contribution in [0, 0.1) is 5.92 Å². The van der Waals surface area contributed by atoms with Crippen LogP contribution in [0.2, 0.25) is 0 Å². The molecule has 0 aliphatic rings. The third-order valence-electron chi connectivity index (χ3n) is 1.46. The summed E-state index contributed by atoms with van der Waals surface area (Å²) in [6.45, 7) is 4.47. The van der Waals surface area contributed by atoms with E-state index in [9.17, 15) is 0 Å². The predicted octanol–water partition coefficient (Wildman–Crippen LogP) is 3.81. The molecule has 0 unspecified atom stereocenters. The van der Waals surface area contributed by atoms with Gasteiger partial charge in [0.1, 0.15) is 0 Å². The highest BCUT2D eigenvalue weighted by molar-refractivity contribution is 7.08. The first kappa shape index (κ1) is 8.54. The van der Waals surface area contributed by atoms with Crippen molar-refractivity contribution in [1.82, 2.24) is 0 Å². The average Bonchev–Trinajstić information content (AvgIpc) is 2.39. The molecule has 0 nitrogen and oxygen atoms in total. The van der Waals surface area contributed by atoms with Crippen LogP contribution in [0.3, 0.4) is 0 Å². The summed E-state index contributed by atoms with van der Waals surface area (Å²) in [5, 5.41) is 4.27. The van der Waals surface area contributed by atoms with Gasteiger partial charge in [0.2, 0.25) is 0 Å². The summed E-state index contributed by atoms with van der Waals surface area (Å²) < 4.78 is 0. The number of thiophene rings is 1. The highest BCUT2D eigenvalue weighted by Crippen LogP contribution is 2.09. The van der Waals surface area contributed by atoms with Gasteiger partial charge in [-0.3, -0.25) is 0 Å². The molecule has 0 N–H and O–H groups in total. The molecule has 0 spiro atoms. The number of hydrogen-bond acceptors (Lipinski definition) is 1. The van der Waals surface area contributed by atoms with Crippen LogP contribution >= 0.6 is 11.3 Å². The Kier molecular flexibility index (Phi) is 3.37. The monoisotopic (exact) mass is 166 g/mol. The molecule has 0 aliphatic carbocycles. The van der Waals surface area contributed by atoms with Crippen molar-refractivity contribution in [3.05, 3.63) is 28.5 Å². The zero-order valence-electron chi connectivity index (χ0n) is 7.08. The molecule has 0 atom stereocenters. The smallest absolute Gasteiger partial charge is 0.00209 e. The third kappa shape index (κ3) is 3.38. The maximum Gasteiger partial charge on any atom is -0.00209 e. The zero-order valence-corrected chi connectivity index (χ0v) is 7.90. The van der Waals surface area contributed by atoms with E-state index in [1.807, 2.05) is 0 Å². The van der Waals surface area contributed by atoms with Crippen molar-refractivity contribution in [2.45, 2.75) is 20.3 Å². The highest BCUT2D eigenvalue weighted by atomic mass is 32.1. The van der Waals surface area contributed by atoms with Gasteiger partial charge in [-0.25, -0.2) is 0 Å².